The molecule has 1 aliphatic heterocycles. The monoisotopic (exact) mass is 399 g/mol. The fourth-order valence-corrected chi connectivity index (χ4v) is 4.83. The maximum absolute atomic E-state index is 12.6. The molecule has 148 valence electrons. The van der Waals surface area contributed by atoms with Crippen molar-refractivity contribution in [2.24, 2.45) is 0 Å². The third-order valence-electron chi connectivity index (χ3n) is 5.22. The Kier molecular flexibility index (Phi) is 5.92. The van der Waals surface area contributed by atoms with E-state index >= 15 is 0 Å². The Hall–Kier alpha value is -2.38. The lowest BCUT2D eigenvalue weighted by atomic mass is 9.95. The molecule has 3 amide bonds. The van der Waals surface area contributed by atoms with Gasteiger partial charge in [0.1, 0.15) is 0 Å². The highest BCUT2D eigenvalue weighted by atomic mass is 32.1. The van der Waals surface area contributed by atoms with Gasteiger partial charge in [0, 0.05) is 34.8 Å². The molecule has 0 spiro atoms. The number of anilines is 2. The van der Waals surface area contributed by atoms with Crippen molar-refractivity contribution in [1.29, 1.82) is 0 Å². The molecule has 28 heavy (non-hydrogen) atoms. The van der Waals surface area contributed by atoms with Gasteiger partial charge in [-0.25, -0.2) is 4.79 Å². The minimum atomic E-state index is -0.253. The molecule has 6 nitrogen and oxygen atoms in total. The summed E-state index contributed by atoms with van der Waals surface area (Å²) < 4.78 is 5.49. The van der Waals surface area contributed by atoms with Crippen LogP contribution in [-0.2, 0) is 17.6 Å². The number of urea groups is 1. The zero-order chi connectivity index (χ0) is 19.3. The third kappa shape index (κ3) is 4.54. The topological polar surface area (TPSA) is 79.5 Å². The second-order valence-electron chi connectivity index (χ2n) is 7.26. The van der Waals surface area contributed by atoms with Gasteiger partial charge in [-0.1, -0.05) is 0 Å². The van der Waals surface area contributed by atoms with E-state index in [0.29, 0.717) is 17.9 Å². The smallest absolute Gasteiger partial charge is 0.319 e. The number of aryl methyl sites for hydroxylation is 1. The summed E-state index contributed by atoms with van der Waals surface area (Å²) in [6.07, 6.45) is 6.60. The lowest BCUT2D eigenvalue weighted by molar-refractivity contribution is 0.102. The van der Waals surface area contributed by atoms with Gasteiger partial charge in [0.2, 0.25) is 0 Å². The molecule has 1 fully saturated rings. The lowest BCUT2D eigenvalue weighted by Crippen LogP contribution is -2.35. The van der Waals surface area contributed by atoms with E-state index in [2.05, 4.69) is 16.0 Å². The van der Waals surface area contributed by atoms with Crippen molar-refractivity contribution in [2.75, 3.05) is 23.8 Å². The van der Waals surface area contributed by atoms with Crippen LogP contribution in [0.25, 0.3) is 0 Å². The van der Waals surface area contributed by atoms with Crippen molar-refractivity contribution in [2.45, 2.75) is 44.6 Å². The molecule has 7 heteroatoms. The number of nitrogens with one attached hydrogen (secondary N) is 3. The first kappa shape index (κ1) is 19.0. The number of fused-ring (bicyclic) bond motifs is 1. The molecule has 1 unspecified atom stereocenters. The number of benzene rings is 1. The highest BCUT2D eigenvalue weighted by Crippen LogP contribution is 2.30. The summed E-state index contributed by atoms with van der Waals surface area (Å²) in [5, 5.41) is 10.6. The van der Waals surface area contributed by atoms with Crippen molar-refractivity contribution in [3.63, 3.8) is 0 Å². The van der Waals surface area contributed by atoms with Gasteiger partial charge in [-0.3, -0.25) is 4.79 Å². The van der Waals surface area contributed by atoms with E-state index in [0.717, 1.165) is 44.3 Å². The van der Waals surface area contributed by atoms with Crippen molar-refractivity contribution >= 4 is 34.6 Å². The molecule has 4 rings (SSSR count). The van der Waals surface area contributed by atoms with Crippen molar-refractivity contribution in [3.8, 4) is 0 Å². The zero-order valence-corrected chi connectivity index (χ0v) is 16.6. The van der Waals surface area contributed by atoms with Gasteiger partial charge in [-0.15, -0.1) is 11.3 Å². The molecular weight excluding hydrogens is 374 g/mol. The van der Waals surface area contributed by atoms with Gasteiger partial charge in [0.25, 0.3) is 5.91 Å². The normalized spacial score (nSPS) is 18.4. The quantitative estimate of drug-likeness (QED) is 0.706. The van der Waals surface area contributed by atoms with Crippen LogP contribution in [0.1, 0.15) is 46.5 Å². The number of hydrogen-bond donors (Lipinski definition) is 3. The Labute approximate surface area is 168 Å². The van der Waals surface area contributed by atoms with Crippen molar-refractivity contribution in [3.05, 3.63) is 45.6 Å². The minimum absolute atomic E-state index is 0.0607. The molecule has 0 radical (unpaired) electrons. The van der Waals surface area contributed by atoms with Crippen LogP contribution in [-0.4, -0.2) is 31.2 Å². The van der Waals surface area contributed by atoms with Crippen LogP contribution in [0.2, 0.25) is 0 Å². The SMILES string of the molecule is O=C(NCC1CCCO1)Nc1ccc(NC(=O)c2csc3c2CCCC3)cc1. The average Bonchev–Trinajstić information content (AvgIpc) is 3.37. The lowest BCUT2D eigenvalue weighted by Gasteiger charge is -2.13. The number of carbonyl (C=O) groups excluding carboxylic acids is 2. The van der Waals surface area contributed by atoms with Crippen molar-refractivity contribution < 1.29 is 14.3 Å². The molecule has 2 aliphatic rings. The first-order valence-corrected chi connectivity index (χ1v) is 10.7. The summed E-state index contributed by atoms with van der Waals surface area (Å²) in [6, 6.07) is 6.91. The van der Waals surface area contributed by atoms with Gasteiger partial charge in [-0.2, -0.15) is 0 Å². The summed E-state index contributed by atoms with van der Waals surface area (Å²) in [6.45, 7) is 1.29. The Morgan fingerprint density at radius 1 is 1.04 bits per heavy atom. The first-order valence-electron chi connectivity index (χ1n) is 9.86. The van der Waals surface area contributed by atoms with E-state index in [1.165, 1.54) is 16.9 Å². The highest BCUT2D eigenvalue weighted by Gasteiger charge is 2.20. The average molecular weight is 400 g/mol. The van der Waals surface area contributed by atoms with Gasteiger partial charge in [-0.05, 0) is 68.4 Å². The molecule has 0 saturated carbocycles. The number of carbonyl (C=O) groups is 2. The van der Waals surface area contributed by atoms with Gasteiger partial charge in [0.15, 0.2) is 0 Å². The molecular formula is C21H25N3O3S. The Bertz CT molecular complexity index is 841. The maximum Gasteiger partial charge on any atom is 0.319 e. The molecule has 1 aromatic carbocycles. The minimum Gasteiger partial charge on any atom is -0.376 e. The van der Waals surface area contributed by atoms with Gasteiger partial charge in [0.05, 0.1) is 11.7 Å². The summed E-state index contributed by atoms with van der Waals surface area (Å²) in [7, 11) is 0. The first-order chi connectivity index (χ1) is 13.7. The Morgan fingerprint density at radius 3 is 2.54 bits per heavy atom. The summed E-state index contributed by atoms with van der Waals surface area (Å²) in [5.74, 6) is -0.0607. The van der Waals surface area contributed by atoms with E-state index in [-0.39, 0.29) is 18.0 Å². The molecule has 1 saturated heterocycles. The molecule has 1 aromatic heterocycles. The van der Waals surface area contributed by atoms with Crippen LogP contribution in [0.3, 0.4) is 0 Å². The second kappa shape index (κ2) is 8.75. The number of ether oxygens (including phenoxy) is 1. The van der Waals surface area contributed by atoms with Crippen LogP contribution >= 0.6 is 11.3 Å². The van der Waals surface area contributed by atoms with Crippen molar-refractivity contribution in [1.82, 2.24) is 5.32 Å². The Morgan fingerprint density at radius 2 is 1.79 bits per heavy atom. The number of thiophene rings is 1. The molecule has 3 N–H and O–H groups in total. The molecule has 0 bridgehead atoms. The highest BCUT2D eigenvalue weighted by molar-refractivity contribution is 7.10. The van der Waals surface area contributed by atoms with E-state index in [1.807, 2.05) is 5.38 Å². The Balaban J connectivity index is 1.30. The summed E-state index contributed by atoms with van der Waals surface area (Å²) in [5.41, 5.74) is 3.41. The summed E-state index contributed by atoms with van der Waals surface area (Å²) in [4.78, 5) is 26.0. The molecule has 2 aromatic rings. The molecule has 1 aliphatic carbocycles. The standard InChI is InChI=1S/C21H25N3O3S/c25-20(18-13-28-19-6-2-1-5-17(18)19)23-14-7-9-15(10-8-14)24-21(26)22-12-16-4-3-11-27-16/h7-10,13,16H,1-6,11-12H2,(H,23,25)(H2,22,24,26). The van der Waals surface area contributed by atoms with Crippen LogP contribution in [0.15, 0.2) is 29.6 Å². The predicted octanol–water partition coefficient (Wildman–Crippen LogP) is 4.18. The maximum atomic E-state index is 12.6. The van der Waals surface area contributed by atoms with Gasteiger partial charge < -0.3 is 20.7 Å². The van der Waals surface area contributed by atoms with E-state index in [1.54, 1.807) is 35.6 Å². The zero-order valence-electron chi connectivity index (χ0n) is 15.8. The fourth-order valence-electron chi connectivity index (χ4n) is 3.71. The number of hydrogen-bond acceptors (Lipinski definition) is 4. The second-order valence-corrected chi connectivity index (χ2v) is 8.22. The van der Waals surface area contributed by atoms with E-state index < -0.39 is 0 Å². The van der Waals surface area contributed by atoms with E-state index in [4.69, 9.17) is 4.74 Å². The van der Waals surface area contributed by atoms with Crippen LogP contribution < -0.4 is 16.0 Å². The largest absolute Gasteiger partial charge is 0.376 e. The number of rotatable bonds is 5. The molecule has 2 heterocycles. The molecule has 1 atom stereocenters. The van der Waals surface area contributed by atoms with Gasteiger partial charge >= 0.3 is 6.03 Å². The van der Waals surface area contributed by atoms with Crippen LogP contribution in [0.5, 0.6) is 0 Å². The van der Waals surface area contributed by atoms with Crippen LogP contribution in [0.4, 0.5) is 16.2 Å². The van der Waals surface area contributed by atoms with Crippen LogP contribution in [0, 0.1) is 0 Å². The third-order valence-corrected chi connectivity index (χ3v) is 6.31. The van der Waals surface area contributed by atoms with E-state index in [9.17, 15) is 9.59 Å². The predicted molar refractivity (Wildman–Crippen MR) is 111 cm³/mol. The summed E-state index contributed by atoms with van der Waals surface area (Å²) >= 11 is 1.69. The fraction of sp³-hybridized carbons (Fsp3) is 0.429. The number of amides is 3.